The van der Waals surface area contributed by atoms with Crippen molar-refractivity contribution in [2.45, 2.75) is 17.4 Å². The van der Waals surface area contributed by atoms with Crippen LogP contribution in [0.4, 0.5) is 4.39 Å². The molecule has 0 aliphatic rings. The molecular formula is C16H17ClFNO3S. The molecule has 0 radical (unpaired) electrons. The molecule has 0 spiro atoms. The molecule has 0 aliphatic heterocycles. The summed E-state index contributed by atoms with van der Waals surface area (Å²) in [5, 5.41) is 0.316. The molecule has 2 aromatic carbocycles. The number of benzene rings is 2. The maximum absolute atomic E-state index is 14.0. The van der Waals surface area contributed by atoms with Crippen LogP contribution in [0.2, 0.25) is 5.02 Å². The van der Waals surface area contributed by atoms with E-state index in [0.29, 0.717) is 5.02 Å². The second-order valence-corrected chi connectivity index (χ2v) is 7.40. The predicted octanol–water partition coefficient (Wildman–Crippen LogP) is 3.32. The number of ether oxygens (including phenoxy) is 1. The standard InChI is InChI=1S/C16H17ClFNO3S/c1-16(22-2,14-8-3-4-9-15(14)18)11-19-23(20,21)13-7-5-6-12(17)10-13/h3-10,19H,11H2,1-2H3. The van der Waals surface area contributed by atoms with Gasteiger partial charge in [-0.05, 0) is 31.2 Å². The second-order valence-electron chi connectivity index (χ2n) is 5.20. The minimum Gasteiger partial charge on any atom is -0.372 e. The van der Waals surface area contributed by atoms with Gasteiger partial charge in [0.2, 0.25) is 10.0 Å². The summed E-state index contributed by atoms with van der Waals surface area (Å²) in [7, 11) is -2.38. The number of halogens is 2. The van der Waals surface area contributed by atoms with E-state index in [0.717, 1.165) is 0 Å². The molecule has 0 aliphatic carbocycles. The van der Waals surface area contributed by atoms with E-state index in [1.54, 1.807) is 37.3 Å². The van der Waals surface area contributed by atoms with Crippen LogP contribution in [0, 0.1) is 5.82 Å². The Morgan fingerprint density at radius 1 is 1.22 bits per heavy atom. The van der Waals surface area contributed by atoms with Gasteiger partial charge in [-0.1, -0.05) is 35.9 Å². The fourth-order valence-corrected chi connectivity index (χ4v) is 3.54. The Hall–Kier alpha value is -1.47. The van der Waals surface area contributed by atoms with Crippen LogP contribution in [0.1, 0.15) is 12.5 Å². The van der Waals surface area contributed by atoms with Gasteiger partial charge in [0.25, 0.3) is 0 Å². The average molecular weight is 358 g/mol. The first kappa shape index (κ1) is 17.9. The summed E-state index contributed by atoms with van der Waals surface area (Å²) < 4.78 is 46.5. The number of sulfonamides is 1. The monoisotopic (exact) mass is 357 g/mol. The Morgan fingerprint density at radius 2 is 1.91 bits per heavy atom. The summed E-state index contributed by atoms with van der Waals surface area (Å²) in [6.07, 6.45) is 0. The Morgan fingerprint density at radius 3 is 2.52 bits per heavy atom. The Labute approximate surface area is 140 Å². The summed E-state index contributed by atoms with van der Waals surface area (Å²) in [5.41, 5.74) is -0.868. The lowest BCUT2D eigenvalue weighted by Gasteiger charge is -2.29. The van der Waals surface area contributed by atoms with Crippen molar-refractivity contribution < 1.29 is 17.5 Å². The highest BCUT2D eigenvalue weighted by atomic mass is 35.5. The van der Waals surface area contributed by atoms with Crippen molar-refractivity contribution in [2.75, 3.05) is 13.7 Å². The molecule has 1 unspecified atom stereocenters. The molecule has 0 heterocycles. The molecular weight excluding hydrogens is 341 g/mol. The predicted molar refractivity (Wildman–Crippen MR) is 87.4 cm³/mol. The Kier molecular flexibility index (Phi) is 5.41. The van der Waals surface area contributed by atoms with Gasteiger partial charge in [-0.3, -0.25) is 0 Å². The number of nitrogens with one attached hydrogen (secondary N) is 1. The number of methoxy groups -OCH3 is 1. The van der Waals surface area contributed by atoms with Crippen LogP contribution in [-0.2, 0) is 20.4 Å². The average Bonchev–Trinajstić information content (AvgIpc) is 2.53. The van der Waals surface area contributed by atoms with E-state index < -0.39 is 21.4 Å². The summed E-state index contributed by atoms with van der Waals surface area (Å²) in [6.45, 7) is 1.49. The summed E-state index contributed by atoms with van der Waals surface area (Å²) >= 11 is 5.82. The zero-order valence-corrected chi connectivity index (χ0v) is 14.3. The zero-order chi connectivity index (χ0) is 17.1. The fraction of sp³-hybridized carbons (Fsp3) is 0.250. The van der Waals surface area contributed by atoms with Crippen molar-refractivity contribution in [3.63, 3.8) is 0 Å². The highest BCUT2D eigenvalue weighted by molar-refractivity contribution is 7.89. The van der Waals surface area contributed by atoms with E-state index >= 15 is 0 Å². The van der Waals surface area contributed by atoms with Crippen molar-refractivity contribution >= 4 is 21.6 Å². The highest BCUT2D eigenvalue weighted by Crippen LogP contribution is 2.27. The van der Waals surface area contributed by atoms with Crippen LogP contribution in [0.25, 0.3) is 0 Å². The van der Waals surface area contributed by atoms with Crippen LogP contribution in [-0.4, -0.2) is 22.1 Å². The van der Waals surface area contributed by atoms with Crippen LogP contribution in [0.3, 0.4) is 0 Å². The van der Waals surface area contributed by atoms with E-state index in [1.807, 2.05) is 0 Å². The third-order valence-electron chi connectivity index (χ3n) is 3.60. The third kappa shape index (κ3) is 4.09. The Balaban J connectivity index is 2.25. The molecule has 2 aromatic rings. The number of rotatable bonds is 6. The molecule has 0 aromatic heterocycles. The minimum absolute atomic E-state index is 0.0389. The van der Waals surface area contributed by atoms with Crippen molar-refractivity contribution in [3.05, 3.63) is 64.9 Å². The Bertz CT molecular complexity index is 797. The lowest BCUT2D eigenvalue weighted by Crippen LogP contribution is -2.40. The van der Waals surface area contributed by atoms with E-state index in [1.165, 1.54) is 25.3 Å². The van der Waals surface area contributed by atoms with E-state index in [9.17, 15) is 12.8 Å². The van der Waals surface area contributed by atoms with Crippen molar-refractivity contribution in [3.8, 4) is 0 Å². The van der Waals surface area contributed by atoms with Crippen LogP contribution in [0.15, 0.2) is 53.4 Å². The first-order chi connectivity index (χ1) is 10.8. The molecule has 1 atom stereocenters. The van der Waals surface area contributed by atoms with E-state index in [2.05, 4.69) is 4.72 Å². The molecule has 0 amide bonds. The maximum atomic E-state index is 14.0. The number of hydrogen-bond donors (Lipinski definition) is 1. The molecule has 0 bridgehead atoms. The summed E-state index contributed by atoms with van der Waals surface area (Å²) in [4.78, 5) is 0.0389. The largest absolute Gasteiger partial charge is 0.372 e. The normalized spacial score (nSPS) is 14.4. The smallest absolute Gasteiger partial charge is 0.240 e. The molecule has 4 nitrogen and oxygen atoms in total. The van der Waals surface area contributed by atoms with Gasteiger partial charge in [-0.2, -0.15) is 0 Å². The van der Waals surface area contributed by atoms with Gasteiger partial charge in [0.15, 0.2) is 0 Å². The molecule has 1 N–H and O–H groups in total. The van der Waals surface area contributed by atoms with Gasteiger partial charge in [0.05, 0.1) is 4.90 Å². The SMILES string of the molecule is COC(C)(CNS(=O)(=O)c1cccc(Cl)c1)c1ccccc1F. The quantitative estimate of drug-likeness (QED) is 0.862. The minimum atomic E-state index is -3.78. The first-order valence-electron chi connectivity index (χ1n) is 6.84. The molecule has 0 saturated carbocycles. The molecule has 124 valence electrons. The first-order valence-corrected chi connectivity index (χ1v) is 8.70. The maximum Gasteiger partial charge on any atom is 0.240 e. The molecule has 2 rings (SSSR count). The van der Waals surface area contributed by atoms with Gasteiger partial charge in [-0.15, -0.1) is 0 Å². The molecule has 0 saturated heterocycles. The second kappa shape index (κ2) is 6.97. The van der Waals surface area contributed by atoms with Gasteiger partial charge in [0.1, 0.15) is 11.4 Å². The fourth-order valence-electron chi connectivity index (χ4n) is 2.12. The topological polar surface area (TPSA) is 55.4 Å². The molecule has 7 heteroatoms. The van der Waals surface area contributed by atoms with E-state index in [-0.39, 0.29) is 17.0 Å². The number of hydrogen-bond acceptors (Lipinski definition) is 3. The van der Waals surface area contributed by atoms with Crippen LogP contribution >= 0.6 is 11.6 Å². The zero-order valence-electron chi connectivity index (χ0n) is 12.7. The van der Waals surface area contributed by atoms with Crippen molar-refractivity contribution in [1.82, 2.24) is 4.72 Å². The van der Waals surface area contributed by atoms with Crippen LogP contribution in [0.5, 0.6) is 0 Å². The van der Waals surface area contributed by atoms with Gasteiger partial charge in [0, 0.05) is 24.2 Å². The lowest BCUT2D eigenvalue weighted by molar-refractivity contribution is 0.00410. The molecule has 23 heavy (non-hydrogen) atoms. The summed E-state index contributed by atoms with van der Waals surface area (Å²) in [5.74, 6) is -0.459. The third-order valence-corrected chi connectivity index (χ3v) is 5.23. The van der Waals surface area contributed by atoms with Gasteiger partial charge < -0.3 is 4.74 Å². The van der Waals surface area contributed by atoms with Crippen molar-refractivity contribution in [1.29, 1.82) is 0 Å². The highest BCUT2D eigenvalue weighted by Gasteiger charge is 2.31. The summed E-state index contributed by atoms with van der Waals surface area (Å²) in [6, 6.07) is 12.0. The van der Waals surface area contributed by atoms with E-state index in [4.69, 9.17) is 16.3 Å². The van der Waals surface area contributed by atoms with Crippen LogP contribution < -0.4 is 4.72 Å². The lowest BCUT2D eigenvalue weighted by atomic mass is 9.95. The van der Waals surface area contributed by atoms with Crippen molar-refractivity contribution in [2.24, 2.45) is 0 Å². The van der Waals surface area contributed by atoms with Gasteiger partial charge >= 0.3 is 0 Å². The molecule has 0 fully saturated rings. The van der Waals surface area contributed by atoms with Gasteiger partial charge in [-0.25, -0.2) is 17.5 Å².